The van der Waals surface area contributed by atoms with Crippen LogP contribution >= 0.6 is 0 Å². The zero-order chi connectivity index (χ0) is 21.3. The molecule has 0 aliphatic heterocycles. The molecule has 2 aromatic carbocycles. The highest BCUT2D eigenvalue weighted by Crippen LogP contribution is 2.23. The molecule has 0 unspecified atom stereocenters. The maximum Gasteiger partial charge on any atom is 0.338 e. The number of aromatic nitrogens is 1. The van der Waals surface area contributed by atoms with Crippen molar-refractivity contribution in [1.82, 2.24) is 10.3 Å². The molecule has 0 saturated heterocycles. The summed E-state index contributed by atoms with van der Waals surface area (Å²) in [6.07, 6.45) is 1.95. The Labute approximate surface area is 173 Å². The normalized spacial score (nSPS) is 13.1. The van der Waals surface area contributed by atoms with Crippen molar-refractivity contribution in [1.29, 1.82) is 0 Å². The Kier molecular flexibility index (Phi) is 5.27. The van der Waals surface area contributed by atoms with Gasteiger partial charge in [0.1, 0.15) is 0 Å². The highest BCUT2D eigenvalue weighted by Gasteiger charge is 2.25. The molecule has 1 aliphatic carbocycles. The van der Waals surface area contributed by atoms with Gasteiger partial charge in [0.15, 0.2) is 6.61 Å². The summed E-state index contributed by atoms with van der Waals surface area (Å²) in [6, 6.07) is 12.2. The average Bonchev–Trinajstić information content (AvgIpc) is 3.51. The van der Waals surface area contributed by atoms with Crippen molar-refractivity contribution >= 4 is 34.4 Å². The van der Waals surface area contributed by atoms with Crippen LogP contribution in [-0.4, -0.2) is 35.4 Å². The van der Waals surface area contributed by atoms with E-state index >= 15 is 0 Å². The molecule has 154 valence electrons. The van der Waals surface area contributed by atoms with Gasteiger partial charge in [-0.25, -0.2) is 4.79 Å². The average molecular weight is 405 g/mol. The second-order valence-corrected chi connectivity index (χ2v) is 7.55. The van der Waals surface area contributed by atoms with Gasteiger partial charge in [0.2, 0.25) is 0 Å². The van der Waals surface area contributed by atoms with Gasteiger partial charge in [-0.15, -0.1) is 0 Å². The quantitative estimate of drug-likeness (QED) is 0.547. The fraction of sp³-hybridized carbons (Fsp3) is 0.261. The van der Waals surface area contributed by atoms with Gasteiger partial charge in [-0.05, 0) is 62.6 Å². The zero-order valence-electron chi connectivity index (χ0n) is 16.9. The third kappa shape index (κ3) is 4.20. The fourth-order valence-corrected chi connectivity index (χ4v) is 3.27. The summed E-state index contributed by atoms with van der Waals surface area (Å²) < 4.78 is 5.17. The van der Waals surface area contributed by atoms with E-state index in [4.69, 9.17) is 4.74 Å². The second kappa shape index (κ2) is 8.02. The molecule has 7 heteroatoms. The molecule has 1 fully saturated rings. The van der Waals surface area contributed by atoms with Crippen LogP contribution in [0.15, 0.2) is 42.5 Å². The van der Waals surface area contributed by atoms with E-state index in [9.17, 15) is 14.4 Å². The number of benzene rings is 2. The smallest absolute Gasteiger partial charge is 0.338 e. The van der Waals surface area contributed by atoms with Gasteiger partial charge in [0.25, 0.3) is 11.8 Å². The first-order chi connectivity index (χ1) is 14.4. The predicted molar refractivity (Wildman–Crippen MR) is 114 cm³/mol. The van der Waals surface area contributed by atoms with Crippen LogP contribution in [0.1, 0.15) is 44.8 Å². The lowest BCUT2D eigenvalue weighted by Gasteiger charge is -2.11. The molecule has 3 N–H and O–H groups in total. The number of carbonyl (C=O) groups is 3. The molecule has 0 atom stereocenters. The minimum Gasteiger partial charge on any atom is -0.452 e. The third-order valence-corrected chi connectivity index (χ3v) is 5.24. The van der Waals surface area contributed by atoms with Crippen molar-refractivity contribution in [2.24, 2.45) is 0 Å². The number of amides is 2. The number of aromatic amines is 1. The minimum atomic E-state index is -0.579. The molecule has 0 spiro atoms. The maximum atomic E-state index is 12.4. The van der Waals surface area contributed by atoms with Gasteiger partial charge in [0, 0.05) is 22.6 Å². The molecule has 1 saturated carbocycles. The number of nitrogens with one attached hydrogen (secondary N) is 3. The van der Waals surface area contributed by atoms with Crippen molar-refractivity contribution in [3.05, 3.63) is 64.8 Å². The highest BCUT2D eigenvalue weighted by atomic mass is 16.5. The largest absolute Gasteiger partial charge is 0.452 e. The number of hydrogen-bond donors (Lipinski definition) is 3. The lowest BCUT2D eigenvalue weighted by Crippen LogP contribution is -2.28. The summed E-state index contributed by atoms with van der Waals surface area (Å²) in [7, 11) is 0. The summed E-state index contributed by atoms with van der Waals surface area (Å²) >= 11 is 0. The van der Waals surface area contributed by atoms with Gasteiger partial charge < -0.3 is 20.4 Å². The van der Waals surface area contributed by atoms with Crippen LogP contribution in [0, 0.1) is 13.8 Å². The van der Waals surface area contributed by atoms with Crippen LogP contribution in [-0.2, 0) is 9.53 Å². The lowest BCUT2D eigenvalue weighted by atomic mass is 10.1. The second-order valence-electron chi connectivity index (χ2n) is 7.55. The van der Waals surface area contributed by atoms with Crippen molar-refractivity contribution in [3.8, 4) is 0 Å². The molecule has 30 heavy (non-hydrogen) atoms. The molecule has 4 rings (SSSR count). The number of carbonyl (C=O) groups excluding carboxylic acids is 3. The Bertz CT molecular complexity index is 1140. The van der Waals surface area contributed by atoms with Gasteiger partial charge in [-0.2, -0.15) is 0 Å². The SMILES string of the molecule is Cc1[nH]c2ccc(C(=O)OCC(=O)Nc3ccccc3C(=O)NC3CC3)cc2c1C. The van der Waals surface area contributed by atoms with Gasteiger partial charge in [-0.1, -0.05) is 12.1 Å². The van der Waals surface area contributed by atoms with E-state index in [0.717, 1.165) is 35.0 Å². The van der Waals surface area contributed by atoms with E-state index in [-0.39, 0.29) is 11.9 Å². The van der Waals surface area contributed by atoms with Crippen LogP contribution in [0.2, 0.25) is 0 Å². The Morgan fingerprint density at radius 1 is 1.10 bits per heavy atom. The Morgan fingerprint density at radius 2 is 1.87 bits per heavy atom. The molecule has 1 aromatic heterocycles. The van der Waals surface area contributed by atoms with E-state index in [2.05, 4.69) is 15.6 Å². The van der Waals surface area contributed by atoms with Gasteiger partial charge in [0.05, 0.1) is 16.8 Å². The first kappa shape index (κ1) is 19.7. The molecule has 0 radical (unpaired) electrons. The molecule has 1 heterocycles. The topological polar surface area (TPSA) is 100 Å². The van der Waals surface area contributed by atoms with Crippen LogP contribution in [0.3, 0.4) is 0 Å². The highest BCUT2D eigenvalue weighted by molar-refractivity contribution is 6.04. The Hall–Kier alpha value is -3.61. The first-order valence-corrected chi connectivity index (χ1v) is 9.88. The van der Waals surface area contributed by atoms with E-state index in [1.54, 1.807) is 36.4 Å². The van der Waals surface area contributed by atoms with Crippen molar-refractivity contribution in [2.45, 2.75) is 32.7 Å². The van der Waals surface area contributed by atoms with Crippen LogP contribution in [0.4, 0.5) is 5.69 Å². The van der Waals surface area contributed by atoms with E-state index in [0.29, 0.717) is 16.8 Å². The molecule has 2 amide bonds. The number of H-pyrrole nitrogens is 1. The summed E-state index contributed by atoms with van der Waals surface area (Å²) in [4.78, 5) is 40.3. The predicted octanol–water partition coefficient (Wildman–Crippen LogP) is 3.47. The standard InChI is InChI=1S/C23H23N3O4/c1-13-14(2)24-20-10-7-15(11-18(13)20)23(29)30-12-21(27)26-19-6-4-3-5-17(19)22(28)25-16-8-9-16/h3-7,10-11,16,24H,8-9,12H2,1-2H3,(H,25,28)(H,26,27). The van der Waals surface area contributed by atoms with Crippen LogP contribution in [0.25, 0.3) is 10.9 Å². The molecule has 7 nitrogen and oxygen atoms in total. The Morgan fingerprint density at radius 3 is 2.63 bits per heavy atom. The number of ether oxygens (including phenoxy) is 1. The van der Waals surface area contributed by atoms with E-state index in [1.165, 1.54) is 0 Å². The molecular weight excluding hydrogens is 382 g/mol. The monoisotopic (exact) mass is 405 g/mol. The van der Waals surface area contributed by atoms with E-state index in [1.807, 2.05) is 19.9 Å². The third-order valence-electron chi connectivity index (χ3n) is 5.24. The van der Waals surface area contributed by atoms with Crippen LogP contribution < -0.4 is 10.6 Å². The number of esters is 1. The van der Waals surface area contributed by atoms with Crippen molar-refractivity contribution in [2.75, 3.05) is 11.9 Å². The van der Waals surface area contributed by atoms with E-state index < -0.39 is 18.5 Å². The minimum absolute atomic E-state index is 0.215. The fourth-order valence-electron chi connectivity index (χ4n) is 3.27. The van der Waals surface area contributed by atoms with Gasteiger partial charge >= 0.3 is 5.97 Å². The van der Waals surface area contributed by atoms with Gasteiger partial charge in [-0.3, -0.25) is 9.59 Å². The number of hydrogen-bond acceptors (Lipinski definition) is 4. The molecule has 3 aromatic rings. The Balaban J connectivity index is 1.39. The summed E-state index contributed by atoms with van der Waals surface area (Å²) in [5.41, 5.74) is 4.20. The first-order valence-electron chi connectivity index (χ1n) is 9.88. The van der Waals surface area contributed by atoms with Crippen LogP contribution in [0.5, 0.6) is 0 Å². The lowest BCUT2D eigenvalue weighted by molar-refractivity contribution is -0.119. The summed E-state index contributed by atoms with van der Waals surface area (Å²) in [6.45, 7) is 3.51. The molecule has 1 aliphatic rings. The zero-order valence-corrected chi connectivity index (χ0v) is 16.9. The number of para-hydroxylation sites is 1. The van der Waals surface area contributed by atoms with Crippen molar-refractivity contribution < 1.29 is 19.1 Å². The maximum absolute atomic E-state index is 12.4. The summed E-state index contributed by atoms with van der Waals surface area (Å²) in [5.74, 6) is -1.31. The molecule has 0 bridgehead atoms. The number of aryl methyl sites for hydroxylation is 2. The summed E-state index contributed by atoms with van der Waals surface area (Å²) in [5, 5.41) is 6.50. The number of fused-ring (bicyclic) bond motifs is 1. The number of anilines is 1. The van der Waals surface area contributed by atoms with Crippen molar-refractivity contribution in [3.63, 3.8) is 0 Å². The number of rotatable bonds is 6. The molecular formula is C23H23N3O4.